The van der Waals surface area contributed by atoms with Crippen molar-refractivity contribution >= 4 is 5.78 Å². The number of rotatable bonds is 4. The van der Waals surface area contributed by atoms with Gasteiger partial charge in [0.2, 0.25) is 0 Å². The molecule has 1 N–H and O–H groups in total. The quantitative estimate of drug-likeness (QED) is 0.842. The zero-order chi connectivity index (χ0) is 12.3. The van der Waals surface area contributed by atoms with Crippen LogP contribution in [0.3, 0.4) is 0 Å². The van der Waals surface area contributed by atoms with Crippen LogP contribution in [0.5, 0.6) is 0 Å². The van der Waals surface area contributed by atoms with E-state index in [1.165, 1.54) is 11.1 Å². The summed E-state index contributed by atoms with van der Waals surface area (Å²) in [6.45, 7) is 7.95. The van der Waals surface area contributed by atoms with Crippen LogP contribution in [-0.4, -0.2) is 18.4 Å². The van der Waals surface area contributed by atoms with Gasteiger partial charge in [0.25, 0.3) is 0 Å². The summed E-state index contributed by atoms with van der Waals surface area (Å²) in [5, 5.41) is 3.05. The molecule has 1 aromatic carbocycles. The summed E-state index contributed by atoms with van der Waals surface area (Å²) < 4.78 is 0. The van der Waals surface area contributed by atoms with Gasteiger partial charge in [0.05, 0.1) is 5.54 Å². The van der Waals surface area contributed by atoms with Crippen LogP contribution < -0.4 is 5.32 Å². The average Bonchev–Trinajstić information content (AvgIpc) is 2.23. The molecule has 0 aromatic heterocycles. The van der Waals surface area contributed by atoms with Crippen LogP contribution in [0.2, 0.25) is 0 Å². The van der Waals surface area contributed by atoms with Crippen molar-refractivity contribution in [2.24, 2.45) is 0 Å². The second kappa shape index (κ2) is 4.79. The lowest BCUT2D eigenvalue weighted by Crippen LogP contribution is -2.45. The lowest BCUT2D eigenvalue weighted by Gasteiger charge is -2.23. The van der Waals surface area contributed by atoms with Gasteiger partial charge in [0.1, 0.15) is 0 Å². The fourth-order valence-corrected chi connectivity index (χ4v) is 1.65. The van der Waals surface area contributed by atoms with E-state index in [1.54, 1.807) is 0 Å². The number of likely N-dealkylation sites (N-methyl/N-ethyl adjacent to an activating group) is 1. The zero-order valence-electron chi connectivity index (χ0n) is 10.8. The van der Waals surface area contributed by atoms with Crippen molar-refractivity contribution < 1.29 is 4.79 Å². The van der Waals surface area contributed by atoms with E-state index in [1.807, 2.05) is 27.0 Å². The summed E-state index contributed by atoms with van der Waals surface area (Å²) in [4.78, 5) is 12.1. The number of Topliss-reactive ketones (excluding diaryl/α,β-unsaturated/α-hetero) is 1. The van der Waals surface area contributed by atoms with Gasteiger partial charge in [0, 0.05) is 6.42 Å². The lowest BCUT2D eigenvalue weighted by atomic mass is 9.90. The van der Waals surface area contributed by atoms with E-state index in [2.05, 4.69) is 31.3 Å². The summed E-state index contributed by atoms with van der Waals surface area (Å²) in [5.41, 5.74) is 3.10. The number of aryl methyl sites for hydroxylation is 2. The SMILES string of the molecule is CNC(C)(C)C(=O)Cc1c(C)cccc1C. The molecular weight excluding hydrogens is 198 g/mol. The molecule has 0 saturated heterocycles. The molecule has 1 aromatic rings. The molecule has 0 amide bonds. The Kier molecular flexibility index (Phi) is 3.87. The minimum absolute atomic E-state index is 0.229. The second-order valence-corrected chi connectivity index (χ2v) is 4.85. The minimum atomic E-state index is -0.450. The molecule has 0 bridgehead atoms. The summed E-state index contributed by atoms with van der Waals surface area (Å²) in [6, 6.07) is 6.14. The van der Waals surface area contributed by atoms with Crippen molar-refractivity contribution in [2.75, 3.05) is 7.05 Å². The second-order valence-electron chi connectivity index (χ2n) is 4.85. The van der Waals surface area contributed by atoms with Gasteiger partial charge in [-0.1, -0.05) is 18.2 Å². The van der Waals surface area contributed by atoms with Crippen LogP contribution in [0.4, 0.5) is 0 Å². The van der Waals surface area contributed by atoms with E-state index in [4.69, 9.17) is 0 Å². The maximum atomic E-state index is 12.1. The first-order chi connectivity index (χ1) is 7.38. The molecule has 0 saturated carbocycles. The van der Waals surface area contributed by atoms with E-state index in [0.717, 1.165) is 5.56 Å². The molecule has 0 spiro atoms. The van der Waals surface area contributed by atoms with Crippen molar-refractivity contribution in [1.29, 1.82) is 0 Å². The van der Waals surface area contributed by atoms with Crippen molar-refractivity contribution in [3.8, 4) is 0 Å². The molecule has 0 aliphatic heterocycles. The summed E-state index contributed by atoms with van der Waals surface area (Å²) in [7, 11) is 1.82. The molecule has 0 unspecified atom stereocenters. The number of nitrogens with one attached hydrogen (secondary N) is 1. The van der Waals surface area contributed by atoms with Gasteiger partial charge in [-0.15, -0.1) is 0 Å². The Labute approximate surface area is 98.1 Å². The van der Waals surface area contributed by atoms with Crippen LogP contribution >= 0.6 is 0 Å². The first kappa shape index (κ1) is 12.9. The largest absolute Gasteiger partial charge is 0.308 e. The monoisotopic (exact) mass is 219 g/mol. The van der Waals surface area contributed by atoms with Gasteiger partial charge in [-0.25, -0.2) is 0 Å². The highest BCUT2D eigenvalue weighted by atomic mass is 16.1. The van der Waals surface area contributed by atoms with Crippen molar-refractivity contribution in [3.05, 3.63) is 34.9 Å². The Hall–Kier alpha value is -1.15. The van der Waals surface area contributed by atoms with Gasteiger partial charge in [-0.05, 0) is 51.4 Å². The van der Waals surface area contributed by atoms with Gasteiger partial charge < -0.3 is 5.32 Å². The van der Waals surface area contributed by atoms with Crippen molar-refractivity contribution in [2.45, 2.75) is 39.7 Å². The fraction of sp³-hybridized carbons (Fsp3) is 0.500. The van der Waals surface area contributed by atoms with E-state index in [9.17, 15) is 4.79 Å². The molecule has 0 aliphatic rings. The Balaban J connectivity index is 2.94. The lowest BCUT2D eigenvalue weighted by molar-refractivity contribution is -0.123. The number of benzene rings is 1. The van der Waals surface area contributed by atoms with Crippen LogP contribution in [0.15, 0.2) is 18.2 Å². The van der Waals surface area contributed by atoms with Gasteiger partial charge >= 0.3 is 0 Å². The molecule has 0 atom stereocenters. The van der Waals surface area contributed by atoms with Gasteiger partial charge in [-0.3, -0.25) is 4.79 Å². The van der Waals surface area contributed by atoms with Crippen LogP contribution in [0.25, 0.3) is 0 Å². The Bertz CT molecular complexity index is 373. The van der Waals surface area contributed by atoms with Crippen LogP contribution in [0.1, 0.15) is 30.5 Å². The normalized spacial score (nSPS) is 11.6. The number of hydrogen-bond acceptors (Lipinski definition) is 2. The van der Waals surface area contributed by atoms with Crippen molar-refractivity contribution in [3.63, 3.8) is 0 Å². The predicted octanol–water partition coefficient (Wildman–Crippen LogP) is 2.41. The Morgan fingerprint density at radius 3 is 2.19 bits per heavy atom. The Morgan fingerprint density at radius 1 is 1.25 bits per heavy atom. The molecule has 0 heterocycles. The first-order valence-electron chi connectivity index (χ1n) is 5.66. The Morgan fingerprint density at radius 2 is 1.75 bits per heavy atom. The smallest absolute Gasteiger partial charge is 0.156 e. The topological polar surface area (TPSA) is 29.1 Å². The standard InChI is InChI=1S/C14H21NO/c1-10-7-6-8-11(2)12(10)9-13(16)14(3,4)15-5/h6-8,15H,9H2,1-5H3. The minimum Gasteiger partial charge on any atom is -0.308 e. The molecule has 2 heteroatoms. The third-order valence-electron chi connectivity index (χ3n) is 3.30. The maximum absolute atomic E-state index is 12.1. The van der Waals surface area contributed by atoms with Crippen molar-refractivity contribution in [1.82, 2.24) is 5.32 Å². The molecule has 0 fully saturated rings. The third kappa shape index (κ3) is 2.70. The van der Waals surface area contributed by atoms with Crippen LogP contribution in [-0.2, 0) is 11.2 Å². The molecule has 88 valence electrons. The number of carbonyl (C=O) groups excluding carboxylic acids is 1. The highest BCUT2D eigenvalue weighted by Gasteiger charge is 2.25. The van der Waals surface area contributed by atoms with Gasteiger partial charge in [0.15, 0.2) is 5.78 Å². The van der Waals surface area contributed by atoms with E-state index >= 15 is 0 Å². The highest BCUT2D eigenvalue weighted by molar-refractivity contribution is 5.89. The molecule has 16 heavy (non-hydrogen) atoms. The zero-order valence-corrected chi connectivity index (χ0v) is 10.8. The molecule has 2 nitrogen and oxygen atoms in total. The molecule has 0 aliphatic carbocycles. The van der Waals surface area contributed by atoms with E-state index in [0.29, 0.717) is 6.42 Å². The maximum Gasteiger partial charge on any atom is 0.156 e. The average molecular weight is 219 g/mol. The molecule has 0 radical (unpaired) electrons. The summed E-state index contributed by atoms with van der Waals surface area (Å²) in [6.07, 6.45) is 0.506. The third-order valence-corrected chi connectivity index (χ3v) is 3.30. The number of carbonyl (C=O) groups is 1. The molecular formula is C14H21NO. The first-order valence-corrected chi connectivity index (χ1v) is 5.66. The van der Waals surface area contributed by atoms with Gasteiger partial charge in [-0.2, -0.15) is 0 Å². The van der Waals surface area contributed by atoms with E-state index in [-0.39, 0.29) is 5.78 Å². The summed E-state index contributed by atoms with van der Waals surface area (Å²) in [5.74, 6) is 0.229. The predicted molar refractivity (Wildman–Crippen MR) is 67.8 cm³/mol. The van der Waals surface area contributed by atoms with Crippen LogP contribution in [0, 0.1) is 13.8 Å². The van der Waals surface area contributed by atoms with E-state index < -0.39 is 5.54 Å². The number of ketones is 1. The highest BCUT2D eigenvalue weighted by Crippen LogP contribution is 2.17. The number of hydrogen-bond donors (Lipinski definition) is 1. The molecule has 1 rings (SSSR count). The summed E-state index contributed by atoms with van der Waals surface area (Å²) >= 11 is 0. The fourth-order valence-electron chi connectivity index (χ4n) is 1.65.